The van der Waals surface area contributed by atoms with Gasteiger partial charge in [0.15, 0.2) is 0 Å². The molecule has 5 heteroatoms. The summed E-state index contributed by atoms with van der Waals surface area (Å²) in [6.07, 6.45) is 4.53. The van der Waals surface area contributed by atoms with Crippen molar-refractivity contribution in [2.24, 2.45) is 0 Å². The number of hydrogen-bond donors (Lipinski definition) is 2. The lowest BCUT2D eigenvalue weighted by molar-refractivity contribution is -0.131. The van der Waals surface area contributed by atoms with Crippen molar-refractivity contribution in [1.82, 2.24) is 5.32 Å². The molecule has 1 aromatic carbocycles. The Bertz CT molecular complexity index is 440. The molecule has 0 aliphatic carbocycles. The first-order chi connectivity index (χ1) is 8.63. The maximum atomic E-state index is 11.7. The van der Waals surface area contributed by atoms with Crippen LogP contribution < -0.4 is 5.32 Å². The van der Waals surface area contributed by atoms with Crippen molar-refractivity contribution in [3.8, 4) is 0 Å². The Morgan fingerprint density at radius 1 is 1.33 bits per heavy atom. The predicted octanol–water partition coefficient (Wildman–Crippen LogP) is 1.88. The van der Waals surface area contributed by atoms with Crippen molar-refractivity contribution in [2.45, 2.75) is 0 Å². The van der Waals surface area contributed by atoms with Gasteiger partial charge in [0.25, 0.3) is 5.91 Å². The summed E-state index contributed by atoms with van der Waals surface area (Å²) >= 11 is 1.67. The van der Waals surface area contributed by atoms with Crippen LogP contribution in [0.25, 0.3) is 6.08 Å². The van der Waals surface area contributed by atoms with Gasteiger partial charge in [0.2, 0.25) is 0 Å². The van der Waals surface area contributed by atoms with E-state index in [-0.39, 0.29) is 5.91 Å². The molecule has 0 bridgehead atoms. The van der Waals surface area contributed by atoms with Gasteiger partial charge in [0.1, 0.15) is 0 Å². The maximum absolute atomic E-state index is 11.7. The van der Waals surface area contributed by atoms with Crippen molar-refractivity contribution in [2.75, 3.05) is 18.6 Å². The lowest BCUT2D eigenvalue weighted by Gasteiger charge is -2.04. The smallest absolute Gasteiger partial charge is 0.328 e. The molecule has 1 rings (SSSR count). The van der Waals surface area contributed by atoms with E-state index in [9.17, 15) is 9.59 Å². The van der Waals surface area contributed by atoms with Gasteiger partial charge < -0.3 is 10.4 Å². The summed E-state index contributed by atoms with van der Waals surface area (Å²) in [4.78, 5) is 22.0. The minimum atomic E-state index is -0.992. The van der Waals surface area contributed by atoms with Crippen molar-refractivity contribution in [3.05, 3.63) is 41.5 Å². The second-order valence-corrected chi connectivity index (χ2v) is 4.53. The minimum Gasteiger partial charge on any atom is -0.478 e. The Kier molecular flexibility index (Phi) is 6.00. The van der Waals surface area contributed by atoms with Crippen molar-refractivity contribution in [1.29, 1.82) is 0 Å². The Morgan fingerprint density at radius 2 is 2.00 bits per heavy atom. The average Bonchev–Trinajstić information content (AvgIpc) is 2.37. The molecular weight excluding hydrogens is 250 g/mol. The van der Waals surface area contributed by atoms with Crippen molar-refractivity contribution < 1.29 is 14.7 Å². The number of benzene rings is 1. The summed E-state index contributed by atoms with van der Waals surface area (Å²) in [5.74, 6) is -0.225. The van der Waals surface area contributed by atoms with E-state index in [4.69, 9.17) is 5.11 Å². The molecule has 96 valence electrons. The Labute approximate surface area is 110 Å². The first kappa shape index (κ1) is 14.3. The molecular formula is C13H15NO3S. The van der Waals surface area contributed by atoms with Gasteiger partial charge >= 0.3 is 5.97 Å². The van der Waals surface area contributed by atoms with Crippen LogP contribution in [0.15, 0.2) is 30.3 Å². The van der Waals surface area contributed by atoms with Crippen LogP contribution in [0.5, 0.6) is 0 Å². The van der Waals surface area contributed by atoms with Gasteiger partial charge in [-0.3, -0.25) is 4.79 Å². The zero-order chi connectivity index (χ0) is 13.4. The molecule has 0 saturated heterocycles. The van der Waals surface area contributed by atoms with E-state index in [0.29, 0.717) is 12.1 Å². The topological polar surface area (TPSA) is 66.4 Å². The largest absolute Gasteiger partial charge is 0.478 e. The van der Waals surface area contributed by atoms with E-state index in [2.05, 4.69) is 5.32 Å². The van der Waals surface area contributed by atoms with Crippen LogP contribution in [-0.4, -0.2) is 35.5 Å². The number of carbonyl (C=O) groups is 2. The van der Waals surface area contributed by atoms with Gasteiger partial charge in [0.05, 0.1) is 0 Å². The Morgan fingerprint density at radius 3 is 2.56 bits per heavy atom. The monoisotopic (exact) mass is 265 g/mol. The summed E-state index contributed by atoms with van der Waals surface area (Å²) in [5.41, 5.74) is 1.32. The number of amides is 1. The fourth-order valence-electron chi connectivity index (χ4n) is 1.28. The number of aliphatic carboxylic acids is 1. The fraction of sp³-hybridized carbons (Fsp3) is 0.231. The summed E-state index contributed by atoms with van der Waals surface area (Å²) in [6.45, 7) is 0.640. The molecule has 18 heavy (non-hydrogen) atoms. The van der Waals surface area contributed by atoms with Crippen LogP contribution in [0.3, 0.4) is 0 Å². The highest BCUT2D eigenvalue weighted by Gasteiger charge is 2.03. The SMILES string of the molecule is CSCCNC(=O)c1ccc(C=CC(=O)O)cc1. The van der Waals surface area contributed by atoms with Gasteiger partial charge in [-0.25, -0.2) is 4.79 Å². The first-order valence-corrected chi connectivity index (χ1v) is 6.81. The summed E-state index contributed by atoms with van der Waals surface area (Å²) in [6, 6.07) is 6.78. The number of carboxylic acids is 1. The zero-order valence-corrected chi connectivity index (χ0v) is 10.9. The van der Waals surface area contributed by atoms with Gasteiger partial charge in [0, 0.05) is 23.9 Å². The summed E-state index contributed by atoms with van der Waals surface area (Å²) < 4.78 is 0. The van der Waals surface area contributed by atoms with Crippen LogP contribution >= 0.6 is 11.8 Å². The standard InChI is InChI=1S/C13H15NO3S/c1-18-9-8-14-13(17)11-5-2-10(3-6-11)4-7-12(15)16/h2-7H,8-9H2,1H3,(H,14,17)(H,15,16). The molecule has 0 aliphatic rings. The minimum absolute atomic E-state index is 0.113. The molecule has 0 atom stereocenters. The van der Waals surface area contributed by atoms with Crippen molar-refractivity contribution in [3.63, 3.8) is 0 Å². The third-order valence-electron chi connectivity index (χ3n) is 2.18. The van der Waals surface area contributed by atoms with Crippen LogP contribution in [-0.2, 0) is 4.79 Å². The number of carbonyl (C=O) groups excluding carboxylic acids is 1. The van der Waals surface area contributed by atoms with Gasteiger partial charge in [-0.15, -0.1) is 0 Å². The third-order valence-corrected chi connectivity index (χ3v) is 2.80. The van der Waals surface area contributed by atoms with Crippen LogP contribution in [0.2, 0.25) is 0 Å². The van der Waals surface area contributed by atoms with Gasteiger partial charge in [-0.1, -0.05) is 12.1 Å². The van der Waals surface area contributed by atoms with Crippen LogP contribution in [0.1, 0.15) is 15.9 Å². The molecule has 1 amide bonds. The molecule has 0 aromatic heterocycles. The summed E-state index contributed by atoms with van der Waals surface area (Å²) in [7, 11) is 0. The Hall–Kier alpha value is -1.75. The zero-order valence-electron chi connectivity index (χ0n) is 10.1. The molecule has 0 radical (unpaired) electrons. The second kappa shape index (κ2) is 7.55. The second-order valence-electron chi connectivity index (χ2n) is 3.54. The van der Waals surface area contributed by atoms with Crippen LogP contribution in [0.4, 0.5) is 0 Å². The third kappa shape index (κ3) is 5.05. The van der Waals surface area contributed by atoms with E-state index in [1.807, 2.05) is 6.26 Å². The summed E-state index contributed by atoms with van der Waals surface area (Å²) in [5, 5.41) is 11.3. The number of carboxylic acid groups (broad SMARTS) is 1. The number of rotatable bonds is 6. The maximum Gasteiger partial charge on any atom is 0.328 e. The molecule has 0 fully saturated rings. The van der Waals surface area contributed by atoms with Crippen molar-refractivity contribution >= 4 is 29.7 Å². The normalized spacial score (nSPS) is 10.5. The molecule has 0 saturated carbocycles. The van der Waals surface area contributed by atoms with Gasteiger partial charge in [-0.2, -0.15) is 11.8 Å². The molecule has 2 N–H and O–H groups in total. The molecule has 0 heterocycles. The Balaban J connectivity index is 2.59. The van der Waals surface area contributed by atoms with E-state index < -0.39 is 5.97 Å². The highest BCUT2D eigenvalue weighted by molar-refractivity contribution is 7.98. The van der Waals surface area contributed by atoms with Crippen LogP contribution in [0, 0.1) is 0 Å². The van der Waals surface area contributed by atoms with E-state index >= 15 is 0 Å². The van der Waals surface area contributed by atoms with E-state index in [1.165, 1.54) is 6.08 Å². The number of hydrogen-bond acceptors (Lipinski definition) is 3. The predicted molar refractivity (Wildman–Crippen MR) is 73.8 cm³/mol. The average molecular weight is 265 g/mol. The number of nitrogens with one attached hydrogen (secondary N) is 1. The lowest BCUT2D eigenvalue weighted by Crippen LogP contribution is -2.25. The molecule has 4 nitrogen and oxygen atoms in total. The van der Waals surface area contributed by atoms with Gasteiger partial charge in [-0.05, 0) is 30.0 Å². The fourth-order valence-corrected chi connectivity index (χ4v) is 1.59. The quantitative estimate of drug-likeness (QED) is 0.609. The molecule has 0 unspecified atom stereocenters. The number of thioether (sulfide) groups is 1. The van der Waals surface area contributed by atoms with E-state index in [1.54, 1.807) is 36.0 Å². The highest BCUT2D eigenvalue weighted by Crippen LogP contribution is 2.06. The highest BCUT2D eigenvalue weighted by atomic mass is 32.2. The molecule has 0 spiro atoms. The lowest BCUT2D eigenvalue weighted by atomic mass is 10.1. The van der Waals surface area contributed by atoms with E-state index in [0.717, 1.165) is 17.4 Å². The molecule has 0 aliphatic heterocycles. The molecule has 1 aromatic rings. The first-order valence-electron chi connectivity index (χ1n) is 5.41.